The van der Waals surface area contributed by atoms with E-state index in [4.69, 9.17) is 9.47 Å². The van der Waals surface area contributed by atoms with Gasteiger partial charge >= 0.3 is 11.9 Å². The van der Waals surface area contributed by atoms with Crippen molar-refractivity contribution < 1.29 is 23.9 Å². The molecule has 0 unspecified atom stereocenters. The Labute approximate surface area is 128 Å². The van der Waals surface area contributed by atoms with Gasteiger partial charge in [0.05, 0.1) is 0 Å². The highest BCUT2D eigenvalue weighted by molar-refractivity contribution is 6.18. The number of rotatable bonds is 2. The lowest BCUT2D eigenvalue weighted by Crippen LogP contribution is -2.41. The second kappa shape index (κ2) is 5.63. The zero-order valence-corrected chi connectivity index (χ0v) is 12.9. The molecule has 1 heterocycles. The molecule has 1 aromatic carbocycles. The summed E-state index contributed by atoms with van der Waals surface area (Å²) in [6.45, 7) is 2.96. The Bertz CT molecular complexity index is 651. The summed E-state index contributed by atoms with van der Waals surface area (Å²) in [7, 11) is 3.29. The molecule has 6 heteroatoms. The summed E-state index contributed by atoms with van der Waals surface area (Å²) in [5.41, 5.74) is 0.794. The van der Waals surface area contributed by atoms with Crippen LogP contribution >= 0.6 is 0 Å². The van der Waals surface area contributed by atoms with Gasteiger partial charge in [0.15, 0.2) is 0 Å². The van der Waals surface area contributed by atoms with Gasteiger partial charge in [0.25, 0.3) is 11.7 Å². The van der Waals surface area contributed by atoms with Gasteiger partial charge in [-0.2, -0.15) is 0 Å². The minimum absolute atomic E-state index is 0.171. The van der Waals surface area contributed by atoms with E-state index in [-0.39, 0.29) is 11.5 Å². The quantitative estimate of drug-likeness (QED) is 0.471. The summed E-state index contributed by atoms with van der Waals surface area (Å²) in [5.74, 6) is -2.93. The van der Waals surface area contributed by atoms with E-state index in [1.165, 1.54) is 24.8 Å². The highest BCUT2D eigenvalue weighted by atomic mass is 16.7. The van der Waals surface area contributed by atoms with Crippen molar-refractivity contribution >= 4 is 23.9 Å². The number of ether oxygens (including phenoxy) is 2. The zero-order chi connectivity index (χ0) is 16.5. The number of carbonyl (C=O) groups excluding carboxylic acids is 3. The van der Waals surface area contributed by atoms with Crippen LogP contribution in [0.3, 0.4) is 0 Å². The zero-order valence-electron chi connectivity index (χ0n) is 12.9. The minimum Gasteiger partial charge on any atom is -0.419 e. The molecule has 0 N–H and O–H groups in total. The van der Waals surface area contributed by atoms with Gasteiger partial charge in [-0.1, -0.05) is 12.1 Å². The number of esters is 2. The molecular weight excluding hydrogens is 286 g/mol. The van der Waals surface area contributed by atoms with Crippen LogP contribution in [0.4, 0.5) is 0 Å². The Balaban J connectivity index is 2.33. The third-order valence-electron chi connectivity index (χ3n) is 2.97. The third kappa shape index (κ3) is 3.33. The second-order valence-electron chi connectivity index (χ2n) is 5.56. The van der Waals surface area contributed by atoms with Crippen molar-refractivity contribution in [2.45, 2.75) is 19.6 Å². The summed E-state index contributed by atoms with van der Waals surface area (Å²) in [6.07, 6.45) is 1.35. The first-order valence-electron chi connectivity index (χ1n) is 6.70. The van der Waals surface area contributed by atoms with Gasteiger partial charge in [0.2, 0.25) is 0 Å². The average Bonchev–Trinajstić information content (AvgIpc) is 2.41. The largest absolute Gasteiger partial charge is 0.419 e. The van der Waals surface area contributed by atoms with Gasteiger partial charge in [-0.05, 0) is 23.8 Å². The van der Waals surface area contributed by atoms with Crippen molar-refractivity contribution in [1.29, 1.82) is 0 Å². The first-order chi connectivity index (χ1) is 10.2. The topological polar surface area (TPSA) is 72.9 Å². The van der Waals surface area contributed by atoms with Crippen molar-refractivity contribution in [1.82, 2.24) is 4.90 Å². The fraction of sp³-hybridized carbons (Fsp3) is 0.312. The monoisotopic (exact) mass is 303 g/mol. The molecule has 1 fully saturated rings. The number of hydrogen-bond acceptors (Lipinski definition) is 5. The number of carbonyl (C=O) groups is 3. The standard InChI is InChI=1S/C16H17NO5/c1-16(2)21-14(19)12(15(20)22-16)9-10-6-5-7-11(8-10)13(18)17(3)4/h5-9H,1-4H3. The number of nitrogens with zero attached hydrogens (tertiary/aromatic N) is 1. The van der Waals surface area contributed by atoms with Crippen molar-refractivity contribution in [2.24, 2.45) is 0 Å². The van der Waals surface area contributed by atoms with Gasteiger partial charge in [-0.15, -0.1) is 0 Å². The molecule has 0 atom stereocenters. The van der Waals surface area contributed by atoms with E-state index in [0.717, 1.165) is 0 Å². The van der Waals surface area contributed by atoms with Crippen molar-refractivity contribution in [3.63, 3.8) is 0 Å². The maximum absolute atomic E-state index is 11.9. The normalized spacial score (nSPS) is 16.6. The fourth-order valence-electron chi connectivity index (χ4n) is 1.96. The van der Waals surface area contributed by atoms with Gasteiger partial charge in [0.1, 0.15) is 5.57 Å². The first kappa shape index (κ1) is 15.8. The molecule has 1 aliphatic heterocycles. The van der Waals surface area contributed by atoms with Gasteiger partial charge in [-0.3, -0.25) is 4.79 Å². The summed E-state index contributed by atoms with van der Waals surface area (Å²) < 4.78 is 10.0. The van der Waals surface area contributed by atoms with Crippen molar-refractivity contribution in [3.05, 3.63) is 41.0 Å². The Morgan fingerprint density at radius 1 is 1.14 bits per heavy atom. The Morgan fingerprint density at radius 3 is 2.27 bits per heavy atom. The van der Waals surface area contributed by atoms with Crippen LogP contribution in [-0.4, -0.2) is 42.6 Å². The first-order valence-corrected chi connectivity index (χ1v) is 6.70. The van der Waals surface area contributed by atoms with Crippen LogP contribution in [0.1, 0.15) is 29.8 Å². The van der Waals surface area contributed by atoms with Crippen LogP contribution in [0.25, 0.3) is 6.08 Å². The molecule has 116 valence electrons. The molecule has 0 radical (unpaired) electrons. The second-order valence-corrected chi connectivity index (χ2v) is 5.56. The van der Waals surface area contributed by atoms with E-state index >= 15 is 0 Å². The SMILES string of the molecule is CN(C)C(=O)c1cccc(C=C2C(=O)OC(C)(C)OC2=O)c1. The summed E-state index contributed by atoms with van der Waals surface area (Å²) >= 11 is 0. The molecule has 0 saturated carbocycles. The van der Waals surface area contributed by atoms with Crippen LogP contribution < -0.4 is 0 Å². The molecule has 1 saturated heterocycles. The molecule has 2 rings (SSSR count). The van der Waals surface area contributed by atoms with Gasteiger partial charge < -0.3 is 14.4 Å². The summed E-state index contributed by atoms with van der Waals surface area (Å²) in [5, 5.41) is 0. The lowest BCUT2D eigenvalue weighted by molar-refractivity contribution is -0.222. The predicted molar refractivity (Wildman–Crippen MR) is 78.7 cm³/mol. The Hall–Kier alpha value is -2.63. The predicted octanol–water partition coefficient (Wildman–Crippen LogP) is 1.61. The molecule has 22 heavy (non-hydrogen) atoms. The summed E-state index contributed by atoms with van der Waals surface area (Å²) in [6, 6.07) is 6.60. The maximum Gasteiger partial charge on any atom is 0.348 e. The lowest BCUT2D eigenvalue weighted by atomic mass is 10.1. The van der Waals surface area contributed by atoms with E-state index in [0.29, 0.717) is 11.1 Å². The molecular formula is C16H17NO5. The van der Waals surface area contributed by atoms with Gasteiger partial charge in [0, 0.05) is 33.5 Å². The van der Waals surface area contributed by atoms with E-state index in [1.807, 2.05) is 0 Å². The number of hydrogen-bond donors (Lipinski definition) is 0. The van der Waals surface area contributed by atoms with Crippen LogP contribution in [0.2, 0.25) is 0 Å². The van der Waals surface area contributed by atoms with Crippen LogP contribution in [0.15, 0.2) is 29.8 Å². The van der Waals surface area contributed by atoms with Crippen LogP contribution in [-0.2, 0) is 19.1 Å². The Morgan fingerprint density at radius 2 is 1.73 bits per heavy atom. The fourth-order valence-corrected chi connectivity index (χ4v) is 1.96. The summed E-state index contributed by atoms with van der Waals surface area (Å²) in [4.78, 5) is 37.1. The Kier molecular flexibility index (Phi) is 4.03. The highest BCUT2D eigenvalue weighted by Crippen LogP contribution is 2.24. The molecule has 1 aliphatic rings. The third-order valence-corrected chi connectivity index (χ3v) is 2.97. The molecule has 0 aliphatic carbocycles. The lowest BCUT2D eigenvalue weighted by Gasteiger charge is -2.29. The van der Waals surface area contributed by atoms with Crippen molar-refractivity contribution in [2.75, 3.05) is 14.1 Å². The molecule has 6 nitrogen and oxygen atoms in total. The average molecular weight is 303 g/mol. The molecule has 0 bridgehead atoms. The van der Waals surface area contributed by atoms with E-state index in [2.05, 4.69) is 0 Å². The van der Waals surface area contributed by atoms with Crippen LogP contribution in [0, 0.1) is 0 Å². The minimum atomic E-state index is -1.27. The van der Waals surface area contributed by atoms with E-state index in [9.17, 15) is 14.4 Å². The number of amides is 1. The van der Waals surface area contributed by atoms with Gasteiger partial charge in [-0.25, -0.2) is 9.59 Å². The smallest absolute Gasteiger partial charge is 0.348 e. The molecule has 1 amide bonds. The van der Waals surface area contributed by atoms with E-state index in [1.54, 1.807) is 38.4 Å². The molecule has 0 aromatic heterocycles. The number of benzene rings is 1. The highest BCUT2D eigenvalue weighted by Gasteiger charge is 2.38. The van der Waals surface area contributed by atoms with Crippen molar-refractivity contribution in [3.8, 4) is 0 Å². The maximum atomic E-state index is 11.9. The van der Waals surface area contributed by atoms with Crippen LogP contribution in [0.5, 0.6) is 0 Å². The van der Waals surface area contributed by atoms with E-state index < -0.39 is 17.7 Å². The molecule has 1 aromatic rings. The number of cyclic esters (lactones) is 2. The molecule has 0 spiro atoms.